The highest BCUT2D eigenvalue weighted by atomic mass is 35.5. The van der Waals surface area contributed by atoms with Crippen LogP contribution in [0.2, 0.25) is 5.02 Å². The number of carbonyl (C=O) groups excluding carboxylic acids is 3. The summed E-state index contributed by atoms with van der Waals surface area (Å²) < 4.78 is 1.03. The average molecular weight is 484 g/mol. The van der Waals surface area contributed by atoms with E-state index in [4.69, 9.17) is 11.6 Å². The molecular formula is C25H24ClN2O4S-. The Bertz CT molecular complexity index is 1210. The number of aliphatic carboxylic acids is 1. The number of carbonyl (C=O) groups is 3. The van der Waals surface area contributed by atoms with Gasteiger partial charge in [-0.2, -0.15) is 0 Å². The molecule has 0 unspecified atom stereocenters. The third-order valence-electron chi connectivity index (χ3n) is 6.19. The third-order valence-corrected chi connectivity index (χ3v) is 7.39. The largest absolute Gasteiger partial charge is 0.550 e. The van der Waals surface area contributed by atoms with E-state index in [2.05, 4.69) is 0 Å². The number of likely N-dealkylation sites (tertiary alicyclic amines) is 1. The summed E-state index contributed by atoms with van der Waals surface area (Å²) in [5.74, 6) is -1.51. The highest BCUT2D eigenvalue weighted by Gasteiger charge is 2.51. The van der Waals surface area contributed by atoms with Gasteiger partial charge in [0.05, 0.1) is 5.56 Å². The van der Waals surface area contributed by atoms with E-state index in [-0.39, 0.29) is 37.7 Å². The first-order valence-corrected chi connectivity index (χ1v) is 12.1. The van der Waals surface area contributed by atoms with Crippen molar-refractivity contribution >= 4 is 50.8 Å². The summed E-state index contributed by atoms with van der Waals surface area (Å²) >= 11 is 7.62. The van der Waals surface area contributed by atoms with E-state index in [0.29, 0.717) is 23.6 Å². The number of fused-ring (bicyclic) bond motifs is 1. The second-order valence-electron chi connectivity index (χ2n) is 8.46. The minimum atomic E-state index is -1.15. The van der Waals surface area contributed by atoms with Crippen LogP contribution in [0.4, 0.5) is 0 Å². The van der Waals surface area contributed by atoms with Gasteiger partial charge in [-0.05, 0) is 49.9 Å². The summed E-state index contributed by atoms with van der Waals surface area (Å²) in [6.07, 6.45) is 0.680. The lowest BCUT2D eigenvalue weighted by molar-refractivity contribution is -0.305. The third kappa shape index (κ3) is 4.75. The average Bonchev–Trinajstić information content (AvgIpc) is 3.21. The van der Waals surface area contributed by atoms with Crippen LogP contribution in [-0.2, 0) is 16.1 Å². The monoisotopic (exact) mass is 483 g/mol. The van der Waals surface area contributed by atoms with Gasteiger partial charge >= 0.3 is 0 Å². The van der Waals surface area contributed by atoms with E-state index in [1.807, 2.05) is 41.8 Å². The fraction of sp³-hybridized carbons (Fsp3) is 0.320. The van der Waals surface area contributed by atoms with Gasteiger partial charge in [-0.15, -0.1) is 11.3 Å². The predicted molar refractivity (Wildman–Crippen MR) is 127 cm³/mol. The number of benzene rings is 2. The summed E-state index contributed by atoms with van der Waals surface area (Å²) in [5.41, 5.74) is 0.460. The topological polar surface area (TPSA) is 80.8 Å². The van der Waals surface area contributed by atoms with Gasteiger partial charge in [0, 0.05) is 46.1 Å². The van der Waals surface area contributed by atoms with E-state index < -0.39 is 11.5 Å². The number of amides is 2. The Balaban J connectivity index is 1.57. The van der Waals surface area contributed by atoms with Crippen LogP contribution in [0.1, 0.15) is 42.1 Å². The number of halogens is 1. The molecule has 2 heterocycles. The SMILES string of the molecule is C[C@]1(C(=O)N(CCCC(=O)[O-])Cc2cccc(Cl)c2)CCN1C(=O)c1csc2ccccc12. The van der Waals surface area contributed by atoms with E-state index in [9.17, 15) is 19.5 Å². The molecule has 0 saturated carbocycles. The summed E-state index contributed by atoms with van der Waals surface area (Å²) in [6.45, 7) is 2.81. The maximum absolute atomic E-state index is 13.7. The quantitative estimate of drug-likeness (QED) is 0.489. The van der Waals surface area contributed by atoms with Crippen LogP contribution in [0.3, 0.4) is 0 Å². The van der Waals surface area contributed by atoms with Gasteiger partial charge in [-0.1, -0.05) is 41.9 Å². The smallest absolute Gasteiger partial charge is 0.256 e. The Morgan fingerprint density at radius 1 is 1.18 bits per heavy atom. The van der Waals surface area contributed by atoms with Crippen LogP contribution in [0, 0.1) is 0 Å². The van der Waals surface area contributed by atoms with Crippen molar-refractivity contribution in [3.05, 3.63) is 70.1 Å². The summed E-state index contributed by atoms with van der Waals surface area (Å²) in [6, 6.07) is 14.9. The van der Waals surface area contributed by atoms with Gasteiger partial charge < -0.3 is 19.7 Å². The number of rotatable bonds is 8. The van der Waals surface area contributed by atoms with Gasteiger partial charge in [0.2, 0.25) is 5.91 Å². The van der Waals surface area contributed by atoms with Gasteiger partial charge in [-0.25, -0.2) is 0 Å². The van der Waals surface area contributed by atoms with Gasteiger partial charge in [-0.3, -0.25) is 9.59 Å². The molecule has 6 nitrogen and oxygen atoms in total. The van der Waals surface area contributed by atoms with Gasteiger partial charge in [0.25, 0.3) is 5.91 Å². The molecule has 33 heavy (non-hydrogen) atoms. The van der Waals surface area contributed by atoms with E-state index in [1.54, 1.807) is 28.9 Å². The Hall–Kier alpha value is -2.90. The molecule has 0 spiro atoms. The van der Waals surface area contributed by atoms with Crippen molar-refractivity contribution in [2.75, 3.05) is 13.1 Å². The fourth-order valence-electron chi connectivity index (χ4n) is 4.26. The lowest BCUT2D eigenvalue weighted by atomic mass is 9.84. The molecule has 1 aromatic heterocycles. The number of carboxylic acids is 1. The van der Waals surface area contributed by atoms with Crippen molar-refractivity contribution in [3.8, 4) is 0 Å². The first-order valence-electron chi connectivity index (χ1n) is 10.8. The number of nitrogens with zero attached hydrogens (tertiary/aromatic N) is 2. The molecule has 1 fully saturated rings. The van der Waals surface area contributed by atoms with Crippen molar-refractivity contribution in [3.63, 3.8) is 0 Å². The molecule has 0 N–H and O–H groups in total. The molecule has 0 aliphatic carbocycles. The Labute approximate surface area is 201 Å². The van der Waals surface area contributed by atoms with Crippen LogP contribution in [0.15, 0.2) is 53.9 Å². The van der Waals surface area contributed by atoms with E-state index in [1.165, 1.54) is 11.3 Å². The summed E-state index contributed by atoms with van der Waals surface area (Å²) in [7, 11) is 0. The highest BCUT2D eigenvalue weighted by molar-refractivity contribution is 7.17. The zero-order valence-electron chi connectivity index (χ0n) is 18.3. The molecule has 1 saturated heterocycles. The molecule has 1 aliphatic rings. The van der Waals surface area contributed by atoms with Crippen LogP contribution in [-0.4, -0.2) is 46.2 Å². The second kappa shape index (κ2) is 9.53. The fourth-order valence-corrected chi connectivity index (χ4v) is 5.41. The lowest BCUT2D eigenvalue weighted by Crippen LogP contribution is -2.67. The number of carboxylic acid groups (broad SMARTS) is 1. The molecule has 2 amide bonds. The van der Waals surface area contributed by atoms with Crippen LogP contribution in [0.25, 0.3) is 10.1 Å². The maximum Gasteiger partial charge on any atom is 0.256 e. The molecule has 2 aromatic carbocycles. The van der Waals surface area contributed by atoms with Crippen LogP contribution in [0.5, 0.6) is 0 Å². The van der Waals surface area contributed by atoms with Gasteiger partial charge in [0.15, 0.2) is 0 Å². The Kier molecular flexibility index (Phi) is 6.72. The second-order valence-corrected chi connectivity index (χ2v) is 9.81. The highest BCUT2D eigenvalue weighted by Crippen LogP contribution is 2.37. The Morgan fingerprint density at radius 3 is 2.67 bits per heavy atom. The predicted octanol–water partition coefficient (Wildman–Crippen LogP) is 3.72. The molecule has 0 bridgehead atoms. The molecule has 0 radical (unpaired) electrons. The number of thiophene rings is 1. The van der Waals surface area contributed by atoms with Crippen molar-refractivity contribution in [1.29, 1.82) is 0 Å². The number of hydrogen-bond donors (Lipinski definition) is 0. The van der Waals surface area contributed by atoms with Crippen LogP contribution >= 0.6 is 22.9 Å². The molecule has 3 aromatic rings. The van der Waals surface area contributed by atoms with Crippen molar-refractivity contribution < 1.29 is 19.5 Å². The maximum atomic E-state index is 13.7. The molecule has 1 atom stereocenters. The van der Waals surface area contributed by atoms with Crippen molar-refractivity contribution in [1.82, 2.24) is 9.80 Å². The minimum Gasteiger partial charge on any atom is -0.550 e. The molecule has 172 valence electrons. The first-order chi connectivity index (χ1) is 15.8. The Morgan fingerprint density at radius 2 is 1.97 bits per heavy atom. The normalized spacial score (nSPS) is 17.6. The van der Waals surface area contributed by atoms with Crippen molar-refractivity contribution in [2.24, 2.45) is 0 Å². The van der Waals surface area contributed by atoms with Crippen LogP contribution < -0.4 is 5.11 Å². The molecular weight excluding hydrogens is 460 g/mol. The first kappa shape index (κ1) is 23.3. The summed E-state index contributed by atoms with van der Waals surface area (Å²) in [4.78, 5) is 41.3. The number of hydrogen-bond acceptors (Lipinski definition) is 5. The van der Waals surface area contributed by atoms with Gasteiger partial charge in [0.1, 0.15) is 5.54 Å². The standard InChI is InChI=1S/C25H25ClN2O4S/c1-25(11-13-28(25)23(31)20-16-33-21-9-3-2-8-19(20)21)24(32)27(12-5-10-22(29)30)15-17-6-4-7-18(26)14-17/h2-4,6-9,14,16H,5,10-13,15H2,1H3,(H,29,30)/p-1/t25-/m1/s1. The summed E-state index contributed by atoms with van der Waals surface area (Å²) in [5, 5.41) is 14.2. The molecule has 1 aliphatic heterocycles. The zero-order valence-corrected chi connectivity index (χ0v) is 19.8. The molecule has 4 rings (SSSR count). The van der Waals surface area contributed by atoms with Crippen molar-refractivity contribution in [2.45, 2.75) is 38.3 Å². The lowest BCUT2D eigenvalue weighted by Gasteiger charge is -2.51. The van der Waals surface area contributed by atoms with E-state index in [0.717, 1.165) is 15.6 Å². The zero-order chi connectivity index (χ0) is 23.6. The minimum absolute atomic E-state index is 0.139. The molecule has 8 heteroatoms. The van der Waals surface area contributed by atoms with E-state index >= 15 is 0 Å².